The molecule has 1 heterocycles. The van der Waals surface area contributed by atoms with Crippen LogP contribution in [0.2, 0.25) is 0 Å². The molecule has 0 spiro atoms. The molecule has 18 heavy (non-hydrogen) atoms. The van der Waals surface area contributed by atoms with Gasteiger partial charge in [-0.25, -0.2) is 0 Å². The van der Waals surface area contributed by atoms with Gasteiger partial charge < -0.3 is 5.32 Å². The first-order valence-electron chi connectivity index (χ1n) is 7.17. The van der Waals surface area contributed by atoms with E-state index in [2.05, 4.69) is 49.2 Å². The molecule has 1 N–H and O–H groups in total. The quantitative estimate of drug-likeness (QED) is 0.859. The smallest absolute Gasteiger partial charge is 0.0206 e. The highest BCUT2D eigenvalue weighted by molar-refractivity contribution is 5.29. The summed E-state index contributed by atoms with van der Waals surface area (Å²) in [6.45, 7) is 11.3. The monoisotopic (exact) mass is 246 g/mol. The van der Waals surface area contributed by atoms with Gasteiger partial charge in [-0.15, -0.1) is 0 Å². The first-order valence-corrected chi connectivity index (χ1v) is 7.17. The molecule has 1 fully saturated rings. The Bertz CT molecular complexity index is 381. The molecule has 1 aliphatic heterocycles. The van der Waals surface area contributed by atoms with Gasteiger partial charge in [-0.05, 0) is 63.4 Å². The van der Waals surface area contributed by atoms with E-state index in [-0.39, 0.29) is 0 Å². The number of hydrogen-bond donors (Lipinski definition) is 1. The largest absolute Gasteiger partial charge is 0.311 e. The summed E-state index contributed by atoms with van der Waals surface area (Å²) in [5.41, 5.74) is 4.16. The minimum atomic E-state index is 0.666. The van der Waals surface area contributed by atoms with Crippen LogP contribution in [0.25, 0.3) is 0 Å². The van der Waals surface area contributed by atoms with Crippen molar-refractivity contribution in [3.8, 4) is 0 Å². The fourth-order valence-electron chi connectivity index (χ4n) is 2.65. The van der Waals surface area contributed by atoms with Crippen molar-refractivity contribution in [2.45, 2.75) is 46.2 Å². The average molecular weight is 246 g/mol. The molecule has 2 nitrogen and oxygen atoms in total. The zero-order valence-corrected chi connectivity index (χ0v) is 12.0. The van der Waals surface area contributed by atoms with Crippen LogP contribution in [0.4, 0.5) is 0 Å². The molecule has 0 aliphatic carbocycles. The predicted octanol–water partition coefficient (Wildman–Crippen LogP) is 2.88. The van der Waals surface area contributed by atoms with E-state index < -0.39 is 0 Å². The van der Waals surface area contributed by atoms with Crippen molar-refractivity contribution in [2.75, 3.05) is 19.6 Å². The van der Waals surface area contributed by atoms with Crippen LogP contribution in [0, 0.1) is 13.8 Å². The molecule has 2 rings (SSSR count). The summed E-state index contributed by atoms with van der Waals surface area (Å²) in [4.78, 5) is 2.59. The van der Waals surface area contributed by atoms with Crippen LogP contribution in [-0.4, -0.2) is 30.6 Å². The van der Waals surface area contributed by atoms with Crippen molar-refractivity contribution in [3.05, 3.63) is 34.9 Å². The van der Waals surface area contributed by atoms with Crippen molar-refractivity contribution in [1.82, 2.24) is 10.2 Å². The molecule has 0 aromatic heterocycles. The van der Waals surface area contributed by atoms with Gasteiger partial charge in [0.05, 0.1) is 0 Å². The first-order chi connectivity index (χ1) is 8.66. The molecule has 1 aromatic rings. The first kappa shape index (κ1) is 13.6. The zero-order valence-electron chi connectivity index (χ0n) is 12.0. The maximum atomic E-state index is 3.58. The minimum absolute atomic E-state index is 0.666. The molecule has 0 amide bonds. The number of hydrogen-bond acceptors (Lipinski definition) is 2. The topological polar surface area (TPSA) is 15.3 Å². The molecule has 1 aromatic carbocycles. The second-order valence-corrected chi connectivity index (χ2v) is 5.64. The number of benzene rings is 1. The van der Waals surface area contributed by atoms with Gasteiger partial charge in [0, 0.05) is 19.1 Å². The molecular weight excluding hydrogens is 220 g/mol. The molecule has 0 radical (unpaired) electrons. The molecule has 0 saturated carbocycles. The Morgan fingerprint density at radius 3 is 2.56 bits per heavy atom. The van der Waals surface area contributed by atoms with Gasteiger partial charge in [0.15, 0.2) is 0 Å². The summed E-state index contributed by atoms with van der Waals surface area (Å²) >= 11 is 0. The maximum Gasteiger partial charge on any atom is 0.0206 e. The van der Waals surface area contributed by atoms with Crippen molar-refractivity contribution >= 4 is 0 Å². The second-order valence-electron chi connectivity index (χ2n) is 5.64. The van der Waals surface area contributed by atoms with E-state index in [1.54, 1.807) is 0 Å². The molecular formula is C16H26N2. The lowest BCUT2D eigenvalue weighted by Gasteiger charge is -2.24. The van der Waals surface area contributed by atoms with Crippen LogP contribution in [0.5, 0.6) is 0 Å². The van der Waals surface area contributed by atoms with Gasteiger partial charge >= 0.3 is 0 Å². The van der Waals surface area contributed by atoms with Crippen molar-refractivity contribution < 1.29 is 0 Å². The van der Waals surface area contributed by atoms with E-state index in [4.69, 9.17) is 0 Å². The van der Waals surface area contributed by atoms with Crippen LogP contribution >= 0.6 is 0 Å². The Kier molecular flexibility index (Phi) is 4.79. The molecule has 1 saturated heterocycles. The van der Waals surface area contributed by atoms with Gasteiger partial charge in [0.1, 0.15) is 0 Å². The van der Waals surface area contributed by atoms with Gasteiger partial charge in [0.25, 0.3) is 0 Å². The van der Waals surface area contributed by atoms with E-state index in [0.717, 1.165) is 13.1 Å². The third-order valence-corrected chi connectivity index (χ3v) is 4.10. The highest BCUT2D eigenvalue weighted by atomic mass is 15.2. The summed E-state index contributed by atoms with van der Waals surface area (Å²) in [7, 11) is 0. The Hall–Kier alpha value is -0.860. The van der Waals surface area contributed by atoms with E-state index in [1.807, 2.05) is 0 Å². The summed E-state index contributed by atoms with van der Waals surface area (Å²) in [6.07, 6.45) is 2.75. The van der Waals surface area contributed by atoms with E-state index in [9.17, 15) is 0 Å². The number of likely N-dealkylation sites (tertiary alicyclic amines) is 1. The normalized spacial score (nSPS) is 18.2. The zero-order chi connectivity index (χ0) is 13.0. The third-order valence-electron chi connectivity index (χ3n) is 4.10. The van der Waals surface area contributed by atoms with Crippen molar-refractivity contribution in [3.63, 3.8) is 0 Å². The number of nitrogens with zero attached hydrogens (tertiary/aromatic N) is 1. The lowest BCUT2D eigenvalue weighted by Crippen LogP contribution is -2.38. The molecule has 1 unspecified atom stereocenters. The SMILES string of the molecule is Cc1ccc(CNCC(C)N2CCCC2)cc1C. The van der Waals surface area contributed by atoms with Crippen LogP contribution < -0.4 is 5.32 Å². The predicted molar refractivity (Wildman–Crippen MR) is 77.9 cm³/mol. The fraction of sp³-hybridized carbons (Fsp3) is 0.625. The number of aryl methyl sites for hydroxylation is 2. The summed E-state index contributed by atoms with van der Waals surface area (Å²) in [5.74, 6) is 0. The van der Waals surface area contributed by atoms with Crippen molar-refractivity contribution in [2.24, 2.45) is 0 Å². The van der Waals surface area contributed by atoms with E-state index in [0.29, 0.717) is 6.04 Å². The van der Waals surface area contributed by atoms with E-state index in [1.165, 1.54) is 42.6 Å². The van der Waals surface area contributed by atoms with Crippen LogP contribution in [0.3, 0.4) is 0 Å². The molecule has 100 valence electrons. The fourth-order valence-corrected chi connectivity index (χ4v) is 2.65. The minimum Gasteiger partial charge on any atom is -0.311 e. The Morgan fingerprint density at radius 1 is 1.17 bits per heavy atom. The Morgan fingerprint density at radius 2 is 1.89 bits per heavy atom. The van der Waals surface area contributed by atoms with Gasteiger partial charge in [-0.2, -0.15) is 0 Å². The van der Waals surface area contributed by atoms with E-state index >= 15 is 0 Å². The standard InChI is InChI=1S/C16H26N2/c1-13-6-7-16(10-14(13)2)12-17-11-15(3)18-8-4-5-9-18/h6-7,10,15,17H,4-5,8-9,11-12H2,1-3H3. The molecule has 1 aliphatic rings. The summed E-state index contributed by atoms with van der Waals surface area (Å²) < 4.78 is 0. The second kappa shape index (κ2) is 6.35. The maximum absolute atomic E-state index is 3.58. The Labute approximate surface area is 111 Å². The number of nitrogens with one attached hydrogen (secondary N) is 1. The highest BCUT2D eigenvalue weighted by Gasteiger charge is 2.17. The highest BCUT2D eigenvalue weighted by Crippen LogP contribution is 2.12. The molecule has 2 heteroatoms. The van der Waals surface area contributed by atoms with Crippen LogP contribution in [0.1, 0.15) is 36.5 Å². The summed E-state index contributed by atoms with van der Waals surface area (Å²) in [5, 5.41) is 3.58. The average Bonchev–Trinajstić information content (AvgIpc) is 2.87. The molecule has 1 atom stereocenters. The lowest BCUT2D eigenvalue weighted by atomic mass is 10.1. The van der Waals surface area contributed by atoms with Gasteiger partial charge in [0.2, 0.25) is 0 Å². The van der Waals surface area contributed by atoms with Crippen molar-refractivity contribution in [1.29, 1.82) is 0 Å². The Balaban J connectivity index is 1.75. The summed E-state index contributed by atoms with van der Waals surface area (Å²) in [6, 6.07) is 7.41. The van der Waals surface area contributed by atoms with Crippen LogP contribution in [-0.2, 0) is 6.54 Å². The molecule has 0 bridgehead atoms. The third kappa shape index (κ3) is 3.56. The lowest BCUT2D eigenvalue weighted by molar-refractivity contribution is 0.251. The van der Waals surface area contributed by atoms with Gasteiger partial charge in [-0.1, -0.05) is 18.2 Å². The number of rotatable bonds is 5. The van der Waals surface area contributed by atoms with Crippen LogP contribution in [0.15, 0.2) is 18.2 Å². The van der Waals surface area contributed by atoms with Gasteiger partial charge in [-0.3, -0.25) is 4.90 Å².